The number of nitrogens with one attached hydrogen (secondary N) is 1. The molecule has 0 saturated heterocycles. The summed E-state index contributed by atoms with van der Waals surface area (Å²) in [5, 5.41) is 5.79. The molecule has 0 aliphatic heterocycles. The highest BCUT2D eigenvalue weighted by Crippen LogP contribution is 2.23. The maximum Gasteiger partial charge on any atom is 0.309 e. The van der Waals surface area contributed by atoms with Gasteiger partial charge in [-0.25, -0.2) is 4.98 Å². The number of thiazole rings is 1. The van der Waals surface area contributed by atoms with Crippen molar-refractivity contribution in [2.24, 2.45) is 0 Å². The Labute approximate surface area is 173 Å². The van der Waals surface area contributed by atoms with Gasteiger partial charge in [0, 0.05) is 11.1 Å². The molecule has 7 nitrogen and oxygen atoms in total. The van der Waals surface area contributed by atoms with Crippen molar-refractivity contribution in [2.45, 2.75) is 13.0 Å². The maximum atomic E-state index is 11.9. The SMILES string of the molecule is COc1ccc(Nc2nc(COC(=O)CCOc3ccc(OC)cc3)cs2)cc1. The van der Waals surface area contributed by atoms with E-state index in [9.17, 15) is 4.79 Å². The zero-order chi connectivity index (χ0) is 20.5. The van der Waals surface area contributed by atoms with Crippen molar-refractivity contribution >= 4 is 28.1 Å². The minimum Gasteiger partial charge on any atom is -0.497 e. The molecule has 1 aromatic heterocycles. The Morgan fingerprint density at radius 3 is 2.24 bits per heavy atom. The Hall–Kier alpha value is -3.26. The molecule has 0 unspecified atom stereocenters. The average molecular weight is 414 g/mol. The molecule has 0 bridgehead atoms. The summed E-state index contributed by atoms with van der Waals surface area (Å²) in [6.45, 7) is 0.370. The van der Waals surface area contributed by atoms with Crippen LogP contribution in [0.1, 0.15) is 12.1 Å². The molecule has 0 fully saturated rings. The number of rotatable bonds is 10. The number of hydrogen-bond acceptors (Lipinski definition) is 8. The van der Waals surface area contributed by atoms with Crippen molar-refractivity contribution in [2.75, 3.05) is 26.1 Å². The molecule has 8 heteroatoms. The standard InChI is InChI=1S/C21H22N2O5S/c1-25-17-5-3-15(4-6-17)22-21-23-16(14-29-21)13-28-20(24)11-12-27-19-9-7-18(26-2)8-10-19/h3-10,14H,11-13H2,1-2H3,(H,22,23). The summed E-state index contributed by atoms with van der Waals surface area (Å²) in [5.74, 6) is 1.88. The first kappa shape index (κ1) is 20.5. The molecule has 29 heavy (non-hydrogen) atoms. The van der Waals surface area contributed by atoms with Crippen molar-refractivity contribution in [3.63, 3.8) is 0 Å². The number of benzene rings is 2. The smallest absolute Gasteiger partial charge is 0.309 e. The van der Waals surface area contributed by atoms with Gasteiger partial charge >= 0.3 is 5.97 Å². The van der Waals surface area contributed by atoms with E-state index in [4.69, 9.17) is 18.9 Å². The number of ether oxygens (including phenoxy) is 4. The largest absolute Gasteiger partial charge is 0.497 e. The van der Waals surface area contributed by atoms with Crippen LogP contribution in [0.3, 0.4) is 0 Å². The van der Waals surface area contributed by atoms with Crippen molar-refractivity contribution < 1.29 is 23.7 Å². The molecule has 0 atom stereocenters. The van der Waals surface area contributed by atoms with Crippen LogP contribution in [0.4, 0.5) is 10.8 Å². The van der Waals surface area contributed by atoms with Gasteiger partial charge in [-0.1, -0.05) is 0 Å². The Balaban J connectivity index is 1.38. The number of methoxy groups -OCH3 is 2. The molecule has 0 amide bonds. The van der Waals surface area contributed by atoms with Gasteiger partial charge in [0.2, 0.25) is 0 Å². The van der Waals surface area contributed by atoms with Crippen LogP contribution in [0.15, 0.2) is 53.9 Å². The number of hydrogen-bond donors (Lipinski definition) is 1. The first-order chi connectivity index (χ1) is 14.2. The minimum absolute atomic E-state index is 0.127. The first-order valence-electron chi connectivity index (χ1n) is 8.94. The van der Waals surface area contributed by atoms with E-state index in [0.717, 1.165) is 22.3 Å². The molecule has 0 spiro atoms. The van der Waals surface area contributed by atoms with Crippen LogP contribution in [0.25, 0.3) is 0 Å². The van der Waals surface area contributed by atoms with Crippen LogP contribution in [-0.4, -0.2) is 31.8 Å². The van der Waals surface area contributed by atoms with Gasteiger partial charge in [0.15, 0.2) is 5.13 Å². The normalized spacial score (nSPS) is 10.3. The van der Waals surface area contributed by atoms with Gasteiger partial charge in [0.1, 0.15) is 23.9 Å². The molecule has 1 N–H and O–H groups in total. The highest BCUT2D eigenvalue weighted by Gasteiger charge is 2.08. The average Bonchev–Trinajstić information content (AvgIpc) is 3.20. The second-order valence-corrected chi connectivity index (χ2v) is 6.79. The van der Waals surface area contributed by atoms with Crippen LogP contribution >= 0.6 is 11.3 Å². The Morgan fingerprint density at radius 1 is 0.966 bits per heavy atom. The Morgan fingerprint density at radius 2 is 1.59 bits per heavy atom. The second-order valence-electron chi connectivity index (χ2n) is 5.93. The highest BCUT2D eigenvalue weighted by molar-refractivity contribution is 7.13. The molecule has 0 aliphatic rings. The van der Waals surface area contributed by atoms with Crippen molar-refractivity contribution in [1.82, 2.24) is 4.98 Å². The summed E-state index contributed by atoms with van der Waals surface area (Å²) in [6.07, 6.45) is 0.160. The van der Waals surface area contributed by atoms with E-state index >= 15 is 0 Å². The van der Waals surface area contributed by atoms with Crippen LogP contribution in [-0.2, 0) is 16.1 Å². The summed E-state index contributed by atoms with van der Waals surface area (Å²) >= 11 is 1.44. The fourth-order valence-electron chi connectivity index (χ4n) is 2.38. The molecule has 0 radical (unpaired) electrons. The Bertz CT molecular complexity index is 910. The van der Waals surface area contributed by atoms with Gasteiger partial charge in [0.05, 0.1) is 32.9 Å². The fourth-order valence-corrected chi connectivity index (χ4v) is 3.09. The lowest BCUT2D eigenvalue weighted by molar-refractivity contribution is -0.145. The summed E-state index contributed by atoms with van der Waals surface area (Å²) in [6, 6.07) is 14.7. The lowest BCUT2D eigenvalue weighted by Crippen LogP contribution is -2.10. The predicted molar refractivity (Wildman–Crippen MR) is 111 cm³/mol. The van der Waals surface area contributed by atoms with Gasteiger partial charge < -0.3 is 24.3 Å². The van der Waals surface area contributed by atoms with E-state index < -0.39 is 0 Å². The number of esters is 1. The molecule has 3 aromatic rings. The number of anilines is 2. The van der Waals surface area contributed by atoms with Gasteiger partial charge in [-0.15, -0.1) is 11.3 Å². The highest BCUT2D eigenvalue weighted by atomic mass is 32.1. The molecular weight excluding hydrogens is 392 g/mol. The molecule has 152 valence electrons. The summed E-state index contributed by atoms with van der Waals surface area (Å²) in [7, 11) is 3.23. The van der Waals surface area contributed by atoms with Gasteiger partial charge in [-0.2, -0.15) is 0 Å². The monoisotopic (exact) mass is 414 g/mol. The molecule has 1 heterocycles. The Kier molecular flexibility index (Phi) is 7.29. The van der Waals surface area contributed by atoms with Gasteiger partial charge in [-0.3, -0.25) is 4.79 Å². The van der Waals surface area contributed by atoms with Crippen LogP contribution in [0, 0.1) is 0 Å². The van der Waals surface area contributed by atoms with Crippen LogP contribution in [0.5, 0.6) is 17.2 Å². The molecular formula is C21H22N2O5S. The van der Waals surface area contributed by atoms with Crippen molar-refractivity contribution in [3.05, 3.63) is 59.6 Å². The van der Waals surface area contributed by atoms with E-state index in [1.807, 2.05) is 29.6 Å². The summed E-state index contributed by atoms with van der Waals surface area (Å²) in [4.78, 5) is 16.3. The van der Waals surface area contributed by atoms with Crippen molar-refractivity contribution in [3.8, 4) is 17.2 Å². The fraction of sp³-hybridized carbons (Fsp3) is 0.238. The predicted octanol–water partition coefficient (Wildman–Crippen LogP) is 4.42. The van der Waals surface area contributed by atoms with Gasteiger partial charge in [-0.05, 0) is 48.5 Å². The minimum atomic E-state index is -0.337. The summed E-state index contributed by atoms with van der Waals surface area (Å²) < 4.78 is 21.0. The first-order valence-corrected chi connectivity index (χ1v) is 9.82. The molecule has 0 aliphatic carbocycles. The summed E-state index contributed by atoms with van der Waals surface area (Å²) in [5.41, 5.74) is 1.59. The van der Waals surface area contributed by atoms with E-state index in [2.05, 4.69) is 10.3 Å². The zero-order valence-corrected chi connectivity index (χ0v) is 17.0. The molecule has 3 rings (SSSR count). The number of nitrogens with zero attached hydrogens (tertiary/aromatic N) is 1. The topological polar surface area (TPSA) is 78.9 Å². The second kappa shape index (κ2) is 10.3. The third kappa shape index (κ3) is 6.39. The van der Waals surface area contributed by atoms with E-state index in [1.54, 1.807) is 38.5 Å². The van der Waals surface area contributed by atoms with E-state index in [1.165, 1.54) is 11.3 Å². The number of carbonyl (C=O) groups excluding carboxylic acids is 1. The van der Waals surface area contributed by atoms with E-state index in [-0.39, 0.29) is 25.6 Å². The lowest BCUT2D eigenvalue weighted by atomic mass is 10.3. The number of aromatic nitrogens is 1. The third-order valence-electron chi connectivity index (χ3n) is 3.91. The molecule has 2 aromatic carbocycles. The van der Waals surface area contributed by atoms with Gasteiger partial charge in [0.25, 0.3) is 0 Å². The van der Waals surface area contributed by atoms with Crippen molar-refractivity contribution in [1.29, 1.82) is 0 Å². The molecule has 0 saturated carbocycles. The third-order valence-corrected chi connectivity index (χ3v) is 4.71. The van der Waals surface area contributed by atoms with Crippen LogP contribution in [0.2, 0.25) is 0 Å². The quantitative estimate of drug-likeness (QED) is 0.492. The zero-order valence-electron chi connectivity index (χ0n) is 16.2. The van der Waals surface area contributed by atoms with E-state index in [0.29, 0.717) is 11.4 Å². The lowest BCUT2D eigenvalue weighted by Gasteiger charge is -2.07. The van der Waals surface area contributed by atoms with Crippen LogP contribution < -0.4 is 19.5 Å². The number of carbonyl (C=O) groups is 1. The maximum absolute atomic E-state index is 11.9.